The predicted octanol–water partition coefficient (Wildman–Crippen LogP) is 1.98. The van der Waals surface area contributed by atoms with Crippen molar-refractivity contribution in [1.82, 2.24) is 0 Å². The molecule has 1 aromatic carbocycles. The molecule has 0 bridgehead atoms. The first-order chi connectivity index (χ1) is 6.63. The van der Waals surface area contributed by atoms with E-state index in [-0.39, 0.29) is 11.9 Å². The lowest BCUT2D eigenvalue weighted by Crippen LogP contribution is -2.15. The number of benzene rings is 1. The van der Waals surface area contributed by atoms with Gasteiger partial charge in [-0.2, -0.15) is 5.26 Å². The number of halogens is 1. The fourth-order valence-electron chi connectivity index (χ4n) is 1.20. The third-order valence-electron chi connectivity index (χ3n) is 2.05. The van der Waals surface area contributed by atoms with Gasteiger partial charge >= 0.3 is 0 Å². The molecule has 0 saturated carbocycles. The van der Waals surface area contributed by atoms with Crippen molar-refractivity contribution >= 4 is 0 Å². The van der Waals surface area contributed by atoms with Crippen molar-refractivity contribution in [1.29, 1.82) is 5.26 Å². The van der Waals surface area contributed by atoms with Gasteiger partial charge in [0.1, 0.15) is 5.82 Å². The van der Waals surface area contributed by atoms with Crippen molar-refractivity contribution in [3.05, 3.63) is 35.1 Å². The van der Waals surface area contributed by atoms with Crippen LogP contribution in [0.15, 0.2) is 18.2 Å². The molecule has 74 valence electrons. The Kier molecular flexibility index (Phi) is 3.61. The summed E-state index contributed by atoms with van der Waals surface area (Å²) in [7, 11) is 0. The zero-order chi connectivity index (χ0) is 10.6. The third kappa shape index (κ3) is 2.82. The molecule has 0 amide bonds. The summed E-state index contributed by atoms with van der Waals surface area (Å²) in [5.41, 5.74) is 6.55. The number of nitrogens with two attached hydrogens (primary N) is 1. The molecule has 0 fully saturated rings. The van der Waals surface area contributed by atoms with Crippen molar-refractivity contribution in [3.8, 4) is 6.07 Å². The van der Waals surface area contributed by atoms with E-state index in [9.17, 15) is 4.39 Å². The Hall–Kier alpha value is -1.40. The van der Waals surface area contributed by atoms with Crippen molar-refractivity contribution in [3.63, 3.8) is 0 Å². The first-order valence-corrected chi connectivity index (χ1v) is 4.57. The standard InChI is InChI=1S/C11H13FN2/c1-8(14)2-4-10-5-3-9(7-13)6-11(10)12/h3,5-6,8H,2,4,14H2,1H3. The summed E-state index contributed by atoms with van der Waals surface area (Å²) in [6.07, 6.45) is 1.37. The number of hydrogen-bond acceptors (Lipinski definition) is 2. The van der Waals surface area contributed by atoms with Crippen molar-refractivity contribution in [2.45, 2.75) is 25.8 Å². The summed E-state index contributed by atoms with van der Waals surface area (Å²) in [4.78, 5) is 0. The van der Waals surface area contributed by atoms with Crippen molar-refractivity contribution in [2.24, 2.45) is 5.73 Å². The van der Waals surface area contributed by atoms with E-state index in [0.29, 0.717) is 17.5 Å². The van der Waals surface area contributed by atoms with E-state index in [1.165, 1.54) is 6.07 Å². The SMILES string of the molecule is CC(N)CCc1ccc(C#N)cc1F. The molecule has 2 nitrogen and oxygen atoms in total. The minimum atomic E-state index is -0.315. The molecule has 1 aromatic rings. The number of nitriles is 1. The molecule has 0 heterocycles. The first-order valence-electron chi connectivity index (χ1n) is 4.57. The van der Waals surface area contributed by atoms with Gasteiger partial charge in [0.25, 0.3) is 0 Å². The van der Waals surface area contributed by atoms with E-state index >= 15 is 0 Å². The summed E-state index contributed by atoms with van der Waals surface area (Å²) in [5.74, 6) is -0.315. The van der Waals surface area contributed by atoms with Crippen LogP contribution < -0.4 is 5.73 Å². The molecule has 0 spiro atoms. The Morgan fingerprint density at radius 2 is 2.29 bits per heavy atom. The molecule has 0 aliphatic heterocycles. The van der Waals surface area contributed by atoms with Gasteiger partial charge in [0.05, 0.1) is 11.6 Å². The number of nitrogens with zero attached hydrogens (tertiary/aromatic N) is 1. The highest BCUT2D eigenvalue weighted by atomic mass is 19.1. The van der Waals surface area contributed by atoms with E-state index in [4.69, 9.17) is 11.0 Å². The van der Waals surface area contributed by atoms with Gasteiger partial charge in [-0.25, -0.2) is 4.39 Å². The molecule has 0 aliphatic rings. The van der Waals surface area contributed by atoms with Gasteiger partial charge in [0.2, 0.25) is 0 Å². The second kappa shape index (κ2) is 4.73. The second-order valence-electron chi connectivity index (χ2n) is 3.43. The number of aryl methyl sites for hydroxylation is 1. The largest absolute Gasteiger partial charge is 0.328 e. The van der Waals surface area contributed by atoms with Gasteiger partial charge in [-0.05, 0) is 37.5 Å². The molecule has 0 aliphatic carbocycles. The maximum absolute atomic E-state index is 13.3. The van der Waals surface area contributed by atoms with Crippen LogP contribution in [0.4, 0.5) is 4.39 Å². The van der Waals surface area contributed by atoms with Crippen LogP contribution in [0.1, 0.15) is 24.5 Å². The first kappa shape index (κ1) is 10.7. The Balaban J connectivity index is 2.75. The van der Waals surface area contributed by atoms with Crippen LogP contribution in [0, 0.1) is 17.1 Å². The van der Waals surface area contributed by atoms with E-state index in [1.807, 2.05) is 13.0 Å². The van der Waals surface area contributed by atoms with Crippen LogP contribution in [0.3, 0.4) is 0 Å². The van der Waals surface area contributed by atoms with Crippen molar-refractivity contribution < 1.29 is 4.39 Å². The van der Waals surface area contributed by atoms with E-state index < -0.39 is 0 Å². The Morgan fingerprint density at radius 1 is 1.57 bits per heavy atom. The van der Waals surface area contributed by atoms with Crippen LogP contribution >= 0.6 is 0 Å². The third-order valence-corrected chi connectivity index (χ3v) is 2.05. The van der Waals surface area contributed by atoms with Crippen LogP contribution in [0.25, 0.3) is 0 Å². The van der Waals surface area contributed by atoms with Gasteiger partial charge in [0, 0.05) is 6.04 Å². The molecule has 0 aromatic heterocycles. The van der Waals surface area contributed by atoms with Gasteiger partial charge < -0.3 is 5.73 Å². The summed E-state index contributed by atoms with van der Waals surface area (Å²) < 4.78 is 13.3. The fraction of sp³-hybridized carbons (Fsp3) is 0.364. The normalized spacial score (nSPS) is 12.1. The molecule has 1 atom stereocenters. The summed E-state index contributed by atoms with van der Waals surface area (Å²) in [6, 6.07) is 6.50. The number of rotatable bonds is 3. The topological polar surface area (TPSA) is 49.8 Å². The van der Waals surface area contributed by atoms with Crippen LogP contribution in [-0.2, 0) is 6.42 Å². The fourth-order valence-corrected chi connectivity index (χ4v) is 1.20. The van der Waals surface area contributed by atoms with Crippen LogP contribution in [-0.4, -0.2) is 6.04 Å². The van der Waals surface area contributed by atoms with Gasteiger partial charge in [-0.3, -0.25) is 0 Å². The average molecular weight is 192 g/mol. The maximum atomic E-state index is 13.3. The molecule has 1 unspecified atom stereocenters. The lowest BCUT2D eigenvalue weighted by Gasteiger charge is -2.05. The van der Waals surface area contributed by atoms with Gasteiger partial charge in [0.15, 0.2) is 0 Å². The smallest absolute Gasteiger partial charge is 0.127 e. The second-order valence-corrected chi connectivity index (χ2v) is 3.43. The molecule has 3 heteroatoms. The van der Waals surface area contributed by atoms with Crippen LogP contribution in [0.5, 0.6) is 0 Å². The Morgan fingerprint density at radius 3 is 2.79 bits per heavy atom. The zero-order valence-corrected chi connectivity index (χ0v) is 8.13. The van der Waals surface area contributed by atoms with Gasteiger partial charge in [-0.15, -0.1) is 0 Å². The molecular formula is C11H13FN2. The highest BCUT2D eigenvalue weighted by Crippen LogP contribution is 2.12. The number of hydrogen-bond donors (Lipinski definition) is 1. The Labute approximate surface area is 83.2 Å². The summed E-state index contributed by atoms with van der Waals surface area (Å²) >= 11 is 0. The molecule has 1 rings (SSSR count). The lowest BCUT2D eigenvalue weighted by molar-refractivity contribution is 0.590. The molecule has 2 N–H and O–H groups in total. The lowest BCUT2D eigenvalue weighted by atomic mass is 10.0. The maximum Gasteiger partial charge on any atom is 0.127 e. The molecular weight excluding hydrogens is 179 g/mol. The van der Waals surface area contributed by atoms with Gasteiger partial charge in [-0.1, -0.05) is 6.07 Å². The summed E-state index contributed by atoms with van der Waals surface area (Å²) in [5, 5.41) is 8.53. The predicted molar refractivity (Wildman–Crippen MR) is 53.1 cm³/mol. The Bertz CT molecular complexity index is 353. The minimum absolute atomic E-state index is 0.0741. The zero-order valence-electron chi connectivity index (χ0n) is 8.13. The monoisotopic (exact) mass is 192 g/mol. The summed E-state index contributed by atoms with van der Waals surface area (Å²) in [6.45, 7) is 1.89. The van der Waals surface area contributed by atoms with E-state index in [1.54, 1.807) is 12.1 Å². The minimum Gasteiger partial charge on any atom is -0.328 e. The molecule has 0 radical (unpaired) electrons. The van der Waals surface area contributed by atoms with Crippen molar-refractivity contribution in [2.75, 3.05) is 0 Å². The quantitative estimate of drug-likeness (QED) is 0.796. The van der Waals surface area contributed by atoms with E-state index in [0.717, 1.165) is 6.42 Å². The molecule has 0 saturated heterocycles. The average Bonchev–Trinajstić information content (AvgIpc) is 2.15. The highest BCUT2D eigenvalue weighted by Gasteiger charge is 2.04. The van der Waals surface area contributed by atoms with E-state index in [2.05, 4.69) is 0 Å². The van der Waals surface area contributed by atoms with Crippen LogP contribution in [0.2, 0.25) is 0 Å². The molecule has 14 heavy (non-hydrogen) atoms. The highest BCUT2D eigenvalue weighted by molar-refractivity contribution is 5.32.